The minimum Gasteiger partial charge on any atom is -0.439 e. The smallest absolute Gasteiger partial charge is 0.338 e. The molecule has 0 saturated carbocycles. The highest BCUT2D eigenvalue weighted by molar-refractivity contribution is 5.93. The van der Waals surface area contributed by atoms with Crippen molar-refractivity contribution in [1.82, 2.24) is 0 Å². The maximum atomic E-state index is 11.5. The molecule has 0 amide bonds. The Morgan fingerprint density at radius 2 is 1.41 bits per heavy atom. The first kappa shape index (κ1) is 15.5. The monoisotopic (exact) mass is 295 g/mol. The largest absolute Gasteiger partial charge is 0.439 e. The Morgan fingerprint density at radius 1 is 0.909 bits per heavy atom. The molecular weight excluding hydrogens is 278 g/mol. The van der Waals surface area contributed by atoms with Gasteiger partial charge >= 0.3 is 5.97 Å². The summed E-state index contributed by atoms with van der Waals surface area (Å²) in [6, 6.07) is 10.7. The molecular formula is C18H17NO3. The van der Waals surface area contributed by atoms with Crippen molar-refractivity contribution in [2.75, 3.05) is 0 Å². The van der Waals surface area contributed by atoms with Gasteiger partial charge in [-0.3, -0.25) is 5.41 Å². The van der Waals surface area contributed by atoms with E-state index in [-0.39, 0.29) is 5.90 Å². The van der Waals surface area contributed by atoms with Crippen molar-refractivity contribution in [2.45, 2.75) is 13.8 Å². The van der Waals surface area contributed by atoms with Crippen molar-refractivity contribution in [3.63, 3.8) is 0 Å². The lowest BCUT2D eigenvalue weighted by Crippen LogP contribution is -2.08. The van der Waals surface area contributed by atoms with Gasteiger partial charge in [0.05, 0.1) is 0 Å². The van der Waals surface area contributed by atoms with Crippen LogP contribution in [0.25, 0.3) is 10.8 Å². The molecule has 4 heteroatoms. The van der Waals surface area contributed by atoms with Gasteiger partial charge in [0.2, 0.25) is 5.90 Å². The third-order valence-electron chi connectivity index (χ3n) is 2.95. The van der Waals surface area contributed by atoms with Gasteiger partial charge in [0.1, 0.15) is 11.5 Å². The second kappa shape index (κ2) is 6.26. The van der Waals surface area contributed by atoms with Crippen LogP contribution in [0, 0.1) is 5.41 Å². The van der Waals surface area contributed by atoms with Crippen molar-refractivity contribution >= 4 is 22.6 Å². The molecule has 0 aliphatic heterocycles. The highest BCUT2D eigenvalue weighted by Gasteiger charge is 2.07. The van der Waals surface area contributed by atoms with Crippen LogP contribution in [0.5, 0.6) is 11.5 Å². The summed E-state index contributed by atoms with van der Waals surface area (Å²) in [4.78, 5) is 11.5. The molecule has 0 fully saturated rings. The summed E-state index contributed by atoms with van der Waals surface area (Å²) in [5, 5.41) is 9.48. The number of carbonyl (C=O) groups excluding carboxylic acids is 1. The summed E-state index contributed by atoms with van der Waals surface area (Å²) in [6.45, 7) is 10.5. The lowest BCUT2D eigenvalue weighted by Gasteiger charge is -2.09. The van der Waals surface area contributed by atoms with Crippen LogP contribution in [0.2, 0.25) is 0 Å². The van der Waals surface area contributed by atoms with Gasteiger partial charge in [-0.25, -0.2) is 4.79 Å². The van der Waals surface area contributed by atoms with Crippen LogP contribution >= 0.6 is 0 Å². The van der Waals surface area contributed by atoms with E-state index in [0.717, 1.165) is 10.8 Å². The zero-order valence-corrected chi connectivity index (χ0v) is 12.6. The number of ether oxygens (including phenoxy) is 2. The summed E-state index contributed by atoms with van der Waals surface area (Å²) >= 11 is 0. The van der Waals surface area contributed by atoms with Crippen molar-refractivity contribution in [3.8, 4) is 11.5 Å². The molecule has 2 aromatic rings. The highest BCUT2D eigenvalue weighted by atomic mass is 16.5. The topological polar surface area (TPSA) is 59.4 Å². The fraction of sp³-hybridized carbons (Fsp3) is 0.111. The first-order valence-electron chi connectivity index (χ1n) is 6.70. The fourth-order valence-electron chi connectivity index (χ4n) is 1.73. The number of benzene rings is 2. The van der Waals surface area contributed by atoms with Gasteiger partial charge in [-0.15, -0.1) is 0 Å². The van der Waals surface area contributed by atoms with Crippen molar-refractivity contribution in [1.29, 1.82) is 5.41 Å². The number of rotatable bonds is 4. The molecule has 0 unspecified atom stereocenters. The Labute approximate surface area is 129 Å². The zero-order valence-electron chi connectivity index (χ0n) is 12.6. The number of carbonyl (C=O) groups is 1. The second-order valence-electron chi connectivity index (χ2n) is 5.05. The van der Waals surface area contributed by atoms with Crippen LogP contribution in [0.4, 0.5) is 0 Å². The Hall–Kier alpha value is -2.88. The van der Waals surface area contributed by atoms with E-state index in [1.165, 1.54) is 0 Å². The van der Waals surface area contributed by atoms with Crippen LogP contribution in [-0.2, 0) is 4.79 Å². The van der Waals surface area contributed by atoms with Crippen LogP contribution in [0.1, 0.15) is 13.8 Å². The molecule has 112 valence electrons. The molecule has 0 heterocycles. The van der Waals surface area contributed by atoms with E-state index < -0.39 is 5.97 Å². The van der Waals surface area contributed by atoms with Gasteiger partial charge in [0.25, 0.3) is 0 Å². The molecule has 0 bridgehead atoms. The third kappa shape index (κ3) is 3.61. The van der Waals surface area contributed by atoms with Gasteiger partial charge in [-0.05, 0) is 48.9 Å². The number of nitrogens with one attached hydrogen (secondary N) is 1. The number of hydrogen-bond acceptors (Lipinski definition) is 4. The summed E-state index contributed by atoms with van der Waals surface area (Å²) < 4.78 is 10.6. The summed E-state index contributed by atoms with van der Waals surface area (Å²) in [7, 11) is 0. The average Bonchev–Trinajstić information content (AvgIpc) is 2.47. The zero-order chi connectivity index (χ0) is 16.3. The molecule has 0 atom stereocenters. The summed E-state index contributed by atoms with van der Waals surface area (Å²) in [5.41, 5.74) is 0.907. The Morgan fingerprint density at radius 3 is 1.86 bits per heavy atom. The lowest BCUT2D eigenvalue weighted by atomic mass is 10.1. The Kier molecular flexibility index (Phi) is 4.41. The third-order valence-corrected chi connectivity index (χ3v) is 2.95. The maximum absolute atomic E-state index is 11.5. The first-order valence-corrected chi connectivity index (χ1v) is 6.70. The van der Waals surface area contributed by atoms with E-state index in [4.69, 9.17) is 14.9 Å². The molecule has 2 rings (SSSR count). The standard InChI is InChI=1S/C18H17NO3/c1-11(2)17(19)21-15-7-5-14-10-16(8-6-13(14)9-15)22-18(20)12(3)4/h5-10,19H,1,3H2,2,4H3. The Balaban J connectivity index is 2.25. The van der Waals surface area contributed by atoms with Gasteiger partial charge in [-0.1, -0.05) is 25.3 Å². The fourth-order valence-corrected chi connectivity index (χ4v) is 1.73. The minimum absolute atomic E-state index is 0.0337. The van der Waals surface area contributed by atoms with Crippen LogP contribution < -0.4 is 9.47 Å². The van der Waals surface area contributed by atoms with Gasteiger partial charge < -0.3 is 9.47 Å². The minimum atomic E-state index is -0.450. The van der Waals surface area contributed by atoms with Crippen LogP contribution in [-0.4, -0.2) is 11.9 Å². The van der Waals surface area contributed by atoms with Crippen molar-refractivity contribution in [2.24, 2.45) is 0 Å². The molecule has 0 aliphatic rings. The molecule has 0 aromatic heterocycles. The summed E-state index contributed by atoms with van der Waals surface area (Å²) in [6.07, 6.45) is 0. The van der Waals surface area contributed by atoms with Gasteiger partial charge in [0, 0.05) is 11.1 Å². The molecule has 4 nitrogen and oxygen atoms in total. The van der Waals surface area contributed by atoms with Crippen LogP contribution in [0.15, 0.2) is 60.7 Å². The molecule has 0 spiro atoms. The molecule has 2 aromatic carbocycles. The first-order chi connectivity index (χ1) is 10.4. The van der Waals surface area contributed by atoms with E-state index in [9.17, 15) is 4.79 Å². The van der Waals surface area contributed by atoms with Gasteiger partial charge in [0.15, 0.2) is 0 Å². The van der Waals surface area contributed by atoms with Gasteiger partial charge in [-0.2, -0.15) is 0 Å². The van der Waals surface area contributed by atoms with E-state index >= 15 is 0 Å². The molecule has 0 radical (unpaired) electrons. The quantitative estimate of drug-likeness (QED) is 0.301. The molecule has 0 aliphatic carbocycles. The average molecular weight is 295 g/mol. The van der Waals surface area contributed by atoms with Crippen molar-refractivity contribution < 1.29 is 14.3 Å². The van der Waals surface area contributed by atoms with E-state index in [0.29, 0.717) is 22.6 Å². The lowest BCUT2D eigenvalue weighted by molar-refractivity contribution is -0.130. The highest BCUT2D eigenvalue weighted by Crippen LogP contribution is 2.25. The van der Waals surface area contributed by atoms with Crippen molar-refractivity contribution in [3.05, 3.63) is 60.7 Å². The number of esters is 1. The maximum Gasteiger partial charge on any atom is 0.338 e. The summed E-state index contributed by atoms with van der Waals surface area (Å²) in [5.74, 6) is 0.608. The predicted molar refractivity (Wildman–Crippen MR) is 87.6 cm³/mol. The Bertz CT molecular complexity index is 723. The van der Waals surface area contributed by atoms with E-state index in [2.05, 4.69) is 13.2 Å². The molecule has 22 heavy (non-hydrogen) atoms. The molecule has 0 saturated heterocycles. The predicted octanol–water partition coefficient (Wildman–Crippen LogP) is 4.25. The normalized spacial score (nSPS) is 10.1. The second-order valence-corrected chi connectivity index (χ2v) is 5.05. The molecule has 1 N–H and O–H groups in total. The number of fused-ring (bicyclic) bond motifs is 1. The SMILES string of the molecule is C=C(C)C(=N)Oc1ccc2cc(OC(=O)C(=C)C)ccc2c1. The van der Waals surface area contributed by atoms with E-state index in [1.54, 1.807) is 32.0 Å². The number of hydrogen-bond donors (Lipinski definition) is 1. The van der Waals surface area contributed by atoms with E-state index in [1.807, 2.05) is 18.2 Å². The van der Waals surface area contributed by atoms with Crippen LogP contribution in [0.3, 0.4) is 0 Å².